The lowest BCUT2D eigenvalue weighted by atomic mass is 10.2. The van der Waals surface area contributed by atoms with Crippen LogP contribution in [0.25, 0.3) is 0 Å². The molecule has 0 spiro atoms. The molecule has 0 aliphatic carbocycles. The molecule has 1 aromatic rings. The molecule has 0 fully saturated rings. The van der Waals surface area contributed by atoms with Crippen molar-refractivity contribution in [3.63, 3.8) is 0 Å². The van der Waals surface area contributed by atoms with E-state index < -0.39 is 5.97 Å². The van der Waals surface area contributed by atoms with Gasteiger partial charge in [0.05, 0.1) is 24.6 Å². The number of carbonyl (C=O) groups excluding carboxylic acids is 1. The molecule has 7 heteroatoms. The topological polar surface area (TPSA) is 84.9 Å². The Hall–Kier alpha value is -1.76. The lowest BCUT2D eigenvalue weighted by Gasteiger charge is -2.14. The largest absolute Gasteiger partial charge is 0.493 e. The van der Waals surface area contributed by atoms with Crippen LogP contribution in [0.15, 0.2) is 16.6 Å². The van der Waals surface area contributed by atoms with Gasteiger partial charge in [0.15, 0.2) is 11.5 Å². The normalized spacial score (nSPS) is 10.2. The van der Waals surface area contributed by atoms with Crippen molar-refractivity contribution in [2.24, 2.45) is 0 Å². The molecule has 128 valence electrons. The van der Waals surface area contributed by atoms with Gasteiger partial charge in [-0.15, -0.1) is 0 Å². The fourth-order valence-electron chi connectivity index (χ4n) is 1.84. The van der Waals surface area contributed by atoms with Crippen molar-refractivity contribution >= 4 is 27.8 Å². The summed E-state index contributed by atoms with van der Waals surface area (Å²) < 4.78 is 11.8. The second-order valence-electron chi connectivity index (χ2n) is 4.98. The van der Waals surface area contributed by atoms with Crippen LogP contribution in [0.3, 0.4) is 0 Å². The van der Waals surface area contributed by atoms with Crippen molar-refractivity contribution in [3.05, 3.63) is 22.2 Å². The van der Waals surface area contributed by atoms with Gasteiger partial charge in [0, 0.05) is 13.0 Å². The molecule has 1 rings (SSSR count). The highest BCUT2D eigenvalue weighted by Crippen LogP contribution is 2.36. The Morgan fingerprint density at radius 2 is 2.04 bits per heavy atom. The van der Waals surface area contributed by atoms with E-state index in [1.165, 1.54) is 0 Å². The number of halogens is 1. The number of aliphatic carboxylic acids is 1. The molecule has 0 aliphatic rings. The van der Waals surface area contributed by atoms with Crippen molar-refractivity contribution in [3.8, 4) is 11.5 Å². The smallest absolute Gasteiger partial charge is 0.303 e. The van der Waals surface area contributed by atoms with Gasteiger partial charge < -0.3 is 19.9 Å². The van der Waals surface area contributed by atoms with Crippen LogP contribution in [-0.4, -0.2) is 30.7 Å². The zero-order valence-corrected chi connectivity index (χ0v) is 14.9. The van der Waals surface area contributed by atoms with Gasteiger partial charge in [-0.3, -0.25) is 9.59 Å². The van der Waals surface area contributed by atoms with E-state index >= 15 is 0 Å². The van der Waals surface area contributed by atoms with E-state index in [0.29, 0.717) is 24.7 Å². The summed E-state index contributed by atoms with van der Waals surface area (Å²) in [7, 11) is 1.56. The molecule has 0 saturated carbocycles. The summed E-state index contributed by atoms with van der Waals surface area (Å²) in [5, 5.41) is 11.2. The number of unbranched alkanes of at least 4 members (excludes halogenated alkanes) is 1. The van der Waals surface area contributed by atoms with Gasteiger partial charge in [-0.05, 0) is 40.0 Å². The number of rotatable bonds is 10. The lowest BCUT2D eigenvalue weighted by Crippen LogP contribution is -2.23. The maximum absolute atomic E-state index is 11.6. The first-order chi connectivity index (χ1) is 11.0. The van der Waals surface area contributed by atoms with E-state index in [0.717, 1.165) is 22.9 Å². The van der Waals surface area contributed by atoms with E-state index in [1.54, 1.807) is 13.2 Å². The van der Waals surface area contributed by atoms with Gasteiger partial charge in [-0.25, -0.2) is 0 Å². The van der Waals surface area contributed by atoms with Crippen LogP contribution in [0.2, 0.25) is 0 Å². The summed E-state index contributed by atoms with van der Waals surface area (Å²) in [6, 6.07) is 3.64. The molecular weight excluding hydrogens is 366 g/mol. The second kappa shape index (κ2) is 10.1. The Kier molecular flexibility index (Phi) is 8.47. The Morgan fingerprint density at radius 1 is 1.30 bits per heavy atom. The molecule has 23 heavy (non-hydrogen) atoms. The molecule has 1 amide bonds. The summed E-state index contributed by atoms with van der Waals surface area (Å²) in [4.78, 5) is 22.0. The number of amides is 1. The fraction of sp³-hybridized carbons (Fsp3) is 0.500. The van der Waals surface area contributed by atoms with E-state index in [2.05, 4.69) is 28.2 Å². The summed E-state index contributed by atoms with van der Waals surface area (Å²) in [5.74, 6) is -0.0592. The average Bonchev–Trinajstić information content (AvgIpc) is 2.52. The van der Waals surface area contributed by atoms with Gasteiger partial charge >= 0.3 is 5.97 Å². The first-order valence-corrected chi connectivity index (χ1v) is 8.25. The highest BCUT2D eigenvalue weighted by Gasteiger charge is 2.12. The third kappa shape index (κ3) is 6.90. The maximum atomic E-state index is 11.6. The number of carboxylic acid groups (broad SMARTS) is 1. The Morgan fingerprint density at radius 3 is 2.65 bits per heavy atom. The quantitative estimate of drug-likeness (QED) is 0.602. The third-order valence-corrected chi connectivity index (χ3v) is 3.68. The van der Waals surface area contributed by atoms with Crippen LogP contribution in [0.5, 0.6) is 11.5 Å². The van der Waals surface area contributed by atoms with Crippen molar-refractivity contribution in [1.82, 2.24) is 5.32 Å². The van der Waals surface area contributed by atoms with Crippen molar-refractivity contribution in [1.29, 1.82) is 0 Å². The number of carboxylic acids is 1. The number of nitrogens with one attached hydrogen (secondary N) is 1. The van der Waals surface area contributed by atoms with Crippen molar-refractivity contribution in [2.75, 3.05) is 13.7 Å². The average molecular weight is 388 g/mol. The van der Waals surface area contributed by atoms with E-state index in [4.69, 9.17) is 14.6 Å². The summed E-state index contributed by atoms with van der Waals surface area (Å²) in [6.45, 7) is 2.99. The highest BCUT2D eigenvalue weighted by atomic mass is 79.9. The SMILES string of the molecule is CCCCOc1c(Br)cc(CNC(=O)CCC(=O)O)cc1OC. The first-order valence-electron chi connectivity index (χ1n) is 7.45. The van der Waals surface area contributed by atoms with E-state index in [1.807, 2.05) is 6.07 Å². The number of ether oxygens (including phenoxy) is 2. The van der Waals surface area contributed by atoms with Gasteiger partial charge in [0.25, 0.3) is 0 Å². The molecule has 0 saturated heterocycles. The highest BCUT2D eigenvalue weighted by molar-refractivity contribution is 9.10. The molecule has 0 atom stereocenters. The van der Waals surface area contributed by atoms with E-state index in [9.17, 15) is 9.59 Å². The Balaban J connectivity index is 2.68. The Labute approximate surface area is 144 Å². The second-order valence-corrected chi connectivity index (χ2v) is 5.84. The first kappa shape index (κ1) is 19.3. The number of carbonyl (C=O) groups is 2. The number of hydrogen-bond acceptors (Lipinski definition) is 4. The van der Waals surface area contributed by atoms with Gasteiger partial charge in [-0.2, -0.15) is 0 Å². The Bertz CT molecular complexity index is 548. The molecule has 0 bridgehead atoms. The number of methoxy groups -OCH3 is 1. The summed E-state index contributed by atoms with van der Waals surface area (Å²) in [5.41, 5.74) is 0.834. The minimum atomic E-state index is -0.988. The van der Waals surface area contributed by atoms with Gasteiger partial charge in [0.1, 0.15) is 0 Å². The van der Waals surface area contributed by atoms with Crippen molar-refractivity contribution < 1.29 is 24.2 Å². The molecule has 0 unspecified atom stereocenters. The van der Waals surface area contributed by atoms with Crippen LogP contribution < -0.4 is 14.8 Å². The third-order valence-electron chi connectivity index (χ3n) is 3.09. The summed E-state index contributed by atoms with van der Waals surface area (Å²) in [6.07, 6.45) is 1.78. The monoisotopic (exact) mass is 387 g/mol. The predicted molar refractivity (Wildman–Crippen MR) is 89.8 cm³/mol. The predicted octanol–water partition coefficient (Wildman–Crippen LogP) is 3.12. The number of hydrogen-bond donors (Lipinski definition) is 2. The maximum Gasteiger partial charge on any atom is 0.303 e. The van der Waals surface area contributed by atoms with Crippen LogP contribution in [0.1, 0.15) is 38.2 Å². The van der Waals surface area contributed by atoms with Crippen LogP contribution in [0, 0.1) is 0 Å². The van der Waals surface area contributed by atoms with Gasteiger partial charge in [-0.1, -0.05) is 13.3 Å². The molecule has 2 N–H and O–H groups in total. The molecule has 0 heterocycles. The molecule has 0 aromatic heterocycles. The molecule has 6 nitrogen and oxygen atoms in total. The molecule has 1 aromatic carbocycles. The van der Waals surface area contributed by atoms with Crippen LogP contribution in [-0.2, 0) is 16.1 Å². The zero-order chi connectivity index (χ0) is 17.2. The molecular formula is C16H22BrNO5. The standard InChI is InChI=1S/C16H22BrNO5/c1-3-4-7-23-16-12(17)8-11(9-13(16)22-2)10-18-14(19)5-6-15(20)21/h8-9H,3-7,10H2,1-2H3,(H,18,19)(H,20,21). The van der Waals surface area contributed by atoms with Crippen LogP contribution >= 0.6 is 15.9 Å². The van der Waals surface area contributed by atoms with Crippen molar-refractivity contribution in [2.45, 2.75) is 39.2 Å². The number of benzene rings is 1. The molecule has 0 aliphatic heterocycles. The van der Waals surface area contributed by atoms with E-state index in [-0.39, 0.29) is 18.7 Å². The van der Waals surface area contributed by atoms with Gasteiger partial charge in [0.2, 0.25) is 5.91 Å². The van der Waals surface area contributed by atoms with Crippen LogP contribution in [0.4, 0.5) is 0 Å². The molecule has 0 radical (unpaired) electrons. The zero-order valence-electron chi connectivity index (χ0n) is 13.4. The summed E-state index contributed by atoms with van der Waals surface area (Å²) >= 11 is 3.45. The lowest BCUT2D eigenvalue weighted by molar-refractivity contribution is -0.138. The minimum absolute atomic E-state index is 0.0359. The fourth-order valence-corrected chi connectivity index (χ4v) is 2.45. The minimum Gasteiger partial charge on any atom is -0.493 e.